The molecule has 0 aromatic heterocycles. The average Bonchev–Trinajstić information content (AvgIpc) is 2.52. The molecule has 0 saturated carbocycles. The van der Waals surface area contributed by atoms with Crippen molar-refractivity contribution in [2.75, 3.05) is 13.6 Å². The van der Waals surface area contributed by atoms with Gasteiger partial charge in [0.25, 0.3) is 0 Å². The zero-order valence-corrected chi connectivity index (χ0v) is 9.34. The highest BCUT2D eigenvalue weighted by Gasteiger charge is 2.30. The van der Waals surface area contributed by atoms with Crippen LogP contribution in [0.2, 0.25) is 5.02 Å². The third kappa shape index (κ3) is 2.00. The van der Waals surface area contributed by atoms with E-state index in [1.807, 2.05) is 13.1 Å². The lowest BCUT2D eigenvalue weighted by molar-refractivity contribution is 0.303. The Balaban J connectivity index is 2.32. The van der Waals surface area contributed by atoms with Crippen molar-refractivity contribution in [3.63, 3.8) is 0 Å². The van der Waals surface area contributed by atoms with E-state index in [-0.39, 0.29) is 22.9 Å². The molecular weight excluding hydrogens is 215 g/mol. The normalized spacial score (nSPS) is 27.2. The predicted octanol–water partition coefficient (Wildman–Crippen LogP) is 2.18. The van der Waals surface area contributed by atoms with Crippen LogP contribution in [-0.2, 0) is 0 Å². The molecule has 1 aromatic rings. The predicted molar refractivity (Wildman–Crippen MR) is 59.4 cm³/mol. The highest BCUT2D eigenvalue weighted by Crippen LogP contribution is 2.31. The van der Waals surface area contributed by atoms with Crippen molar-refractivity contribution >= 4 is 11.6 Å². The largest absolute Gasteiger partial charge is 0.326 e. The molecular formula is C11H14ClFN2. The van der Waals surface area contributed by atoms with Crippen LogP contribution >= 0.6 is 11.6 Å². The minimum Gasteiger partial charge on any atom is -0.326 e. The Bertz CT molecular complexity index is 360. The van der Waals surface area contributed by atoms with Crippen molar-refractivity contribution in [2.24, 2.45) is 5.73 Å². The van der Waals surface area contributed by atoms with E-state index in [1.165, 1.54) is 6.07 Å². The molecule has 2 N–H and O–H groups in total. The summed E-state index contributed by atoms with van der Waals surface area (Å²) < 4.78 is 13.3. The van der Waals surface area contributed by atoms with Crippen LogP contribution in [0, 0.1) is 5.82 Å². The summed E-state index contributed by atoms with van der Waals surface area (Å²) in [4.78, 5) is 2.15. The van der Waals surface area contributed by atoms with E-state index in [4.69, 9.17) is 17.3 Å². The number of likely N-dealkylation sites (tertiary alicyclic amines) is 1. The topological polar surface area (TPSA) is 29.3 Å². The third-order valence-corrected chi connectivity index (χ3v) is 3.29. The second-order valence-electron chi connectivity index (χ2n) is 4.05. The van der Waals surface area contributed by atoms with Gasteiger partial charge >= 0.3 is 0 Å². The van der Waals surface area contributed by atoms with Gasteiger partial charge in [0.05, 0.1) is 5.02 Å². The van der Waals surface area contributed by atoms with Gasteiger partial charge in [0.2, 0.25) is 0 Å². The first kappa shape index (κ1) is 10.9. The molecule has 15 heavy (non-hydrogen) atoms. The number of rotatable bonds is 1. The molecule has 2 atom stereocenters. The Hall–Kier alpha value is -0.640. The fraction of sp³-hybridized carbons (Fsp3) is 0.455. The maximum absolute atomic E-state index is 13.3. The smallest absolute Gasteiger partial charge is 0.142 e. The van der Waals surface area contributed by atoms with E-state index in [2.05, 4.69) is 4.90 Å². The van der Waals surface area contributed by atoms with E-state index in [0.29, 0.717) is 0 Å². The van der Waals surface area contributed by atoms with Gasteiger partial charge in [-0.25, -0.2) is 4.39 Å². The molecule has 1 saturated heterocycles. The van der Waals surface area contributed by atoms with Crippen molar-refractivity contribution in [3.05, 3.63) is 34.6 Å². The van der Waals surface area contributed by atoms with Gasteiger partial charge in [0.1, 0.15) is 5.82 Å². The highest BCUT2D eigenvalue weighted by molar-refractivity contribution is 6.30. The standard InChI is InChI=1S/C11H14ClFN2/c1-15-5-4-10(14)11(15)7-2-3-8(12)9(13)6-7/h2-3,6,10-11H,4-5,14H2,1H3/t10-,11+/m1/s1. The van der Waals surface area contributed by atoms with Crippen LogP contribution in [0.3, 0.4) is 0 Å². The van der Waals surface area contributed by atoms with Crippen LogP contribution in [0.1, 0.15) is 18.0 Å². The first-order valence-electron chi connectivity index (χ1n) is 5.00. The number of hydrogen-bond acceptors (Lipinski definition) is 2. The first-order chi connectivity index (χ1) is 7.09. The molecule has 0 aliphatic carbocycles. The number of benzene rings is 1. The monoisotopic (exact) mass is 228 g/mol. The molecule has 0 amide bonds. The second-order valence-corrected chi connectivity index (χ2v) is 4.46. The number of likely N-dealkylation sites (N-methyl/N-ethyl adjacent to an activating group) is 1. The van der Waals surface area contributed by atoms with Gasteiger partial charge in [0.15, 0.2) is 0 Å². The Morgan fingerprint density at radius 1 is 1.53 bits per heavy atom. The highest BCUT2D eigenvalue weighted by atomic mass is 35.5. The maximum atomic E-state index is 13.3. The van der Waals surface area contributed by atoms with Crippen molar-refractivity contribution < 1.29 is 4.39 Å². The molecule has 1 aromatic carbocycles. The van der Waals surface area contributed by atoms with Gasteiger partial charge in [-0.1, -0.05) is 17.7 Å². The Kier molecular flexibility index (Phi) is 2.96. The van der Waals surface area contributed by atoms with Gasteiger partial charge in [-0.3, -0.25) is 4.90 Å². The fourth-order valence-corrected chi connectivity index (χ4v) is 2.29. The Morgan fingerprint density at radius 2 is 2.27 bits per heavy atom. The quantitative estimate of drug-likeness (QED) is 0.799. The summed E-state index contributed by atoms with van der Waals surface area (Å²) >= 11 is 5.64. The molecule has 2 nitrogen and oxygen atoms in total. The summed E-state index contributed by atoms with van der Waals surface area (Å²) in [6.07, 6.45) is 0.950. The maximum Gasteiger partial charge on any atom is 0.142 e. The summed E-state index contributed by atoms with van der Waals surface area (Å²) in [6, 6.07) is 5.10. The van der Waals surface area contributed by atoms with E-state index in [9.17, 15) is 4.39 Å². The van der Waals surface area contributed by atoms with Crippen LogP contribution in [0.4, 0.5) is 4.39 Å². The Labute approximate surface area is 93.8 Å². The first-order valence-corrected chi connectivity index (χ1v) is 5.38. The Morgan fingerprint density at radius 3 is 2.80 bits per heavy atom. The number of halogens is 2. The lowest BCUT2D eigenvalue weighted by atomic mass is 10.0. The lowest BCUT2D eigenvalue weighted by Crippen LogP contribution is -2.29. The number of nitrogens with zero attached hydrogens (tertiary/aromatic N) is 1. The van der Waals surface area contributed by atoms with Crippen molar-refractivity contribution in [2.45, 2.75) is 18.5 Å². The summed E-state index contributed by atoms with van der Waals surface area (Å²) in [7, 11) is 2.00. The molecule has 4 heteroatoms. The SMILES string of the molecule is CN1CC[C@@H](N)[C@@H]1c1ccc(Cl)c(F)c1. The van der Waals surface area contributed by atoms with Gasteiger partial charge < -0.3 is 5.73 Å². The van der Waals surface area contributed by atoms with Gasteiger partial charge in [0, 0.05) is 18.6 Å². The van der Waals surface area contributed by atoms with Crippen LogP contribution in [0.15, 0.2) is 18.2 Å². The zero-order chi connectivity index (χ0) is 11.0. The van der Waals surface area contributed by atoms with E-state index in [1.54, 1.807) is 6.07 Å². The van der Waals surface area contributed by atoms with Crippen LogP contribution in [-0.4, -0.2) is 24.5 Å². The summed E-state index contributed by atoms with van der Waals surface area (Å²) in [5.74, 6) is -0.373. The summed E-state index contributed by atoms with van der Waals surface area (Å²) in [6.45, 7) is 0.954. The summed E-state index contributed by atoms with van der Waals surface area (Å²) in [5, 5.41) is 0.160. The molecule has 82 valence electrons. The number of nitrogens with two attached hydrogens (primary N) is 1. The third-order valence-electron chi connectivity index (χ3n) is 2.98. The minimum atomic E-state index is -0.373. The van der Waals surface area contributed by atoms with Crippen LogP contribution in [0.5, 0.6) is 0 Å². The fourth-order valence-electron chi connectivity index (χ4n) is 2.17. The van der Waals surface area contributed by atoms with Gasteiger partial charge in [-0.2, -0.15) is 0 Å². The van der Waals surface area contributed by atoms with E-state index in [0.717, 1.165) is 18.5 Å². The molecule has 1 aliphatic rings. The molecule has 0 spiro atoms. The molecule has 1 heterocycles. The lowest BCUT2D eigenvalue weighted by Gasteiger charge is -2.23. The molecule has 1 fully saturated rings. The van der Waals surface area contributed by atoms with Crippen molar-refractivity contribution in [1.82, 2.24) is 4.90 Å². The van der Waals surface area contributed by atoms with Crippen LogP contribution in [0.25, 0.3) is 0 Å². The van der Waals surface area contributed by atoms with Crippen molar-refractivity contribution in [1.29, 1.82) is 0 Å². The van der Waals surface area contributed by atoms with Gasteiger partial charge in [-0.15, -0.1) is 0 Å². The zero-order valence-electron chi connectivity index (χ0n) is 8.58. The molecule has 1 aliphatic heterocycles. The summed E-state index contributed by atoms with van der Waals surface area (Å²) in [5.41, 5.74) is 6.90. The molecule has 0 bridgehead atoms. The molecule has 0 radical (unpaired) electrons. The second kappa shape index (κ2) is 4.08. The minimum absolute atomic E-state index is 0.0792. The van der Waals surface area contributed by atoms with Crippen molar-refractivity contribution in [3.8, 4) is 0 Å². The van der Waals surface area contributed by atoms with Crippen LogP contribution < -0.4 is 5.73 Å². The molecule has 0 unspecified atom stereocenters. The number of hydrogen-bond donors (Lipinski definition) is 1. The average molecular weight is 229 g/mol. The molecule has 2 rings (SSSR count). The van der Waals surface area contributed by atoms with E-state index < -0.39 is 0 Å². The van der Waals surface area contributed by atoms with Gasteiger partial charge in [-0.05, 0) is 31.2 Å². The van der Waals surface area contributed by atoms with E-state index >= 15 is 0 Å².